The molecule has 3 aromatic rings. The molecular formula is C21H20ClF3N6O2. The van der Waals surface area contributed by atoms with Crippen LogP contribution < -0.4 is 15.5 Å². The average molecular weight is 481 g/mol. The molecule has 0 spiro atoms. The smallest absolute Gasteiger partial charge is 0.378 e. The Labute approximate surface area is 192 Å². The molecule has 0 unspecified atom stereocenters. The number of rotatable bonds is 6. The van der Waals surface area contributed by atoms with Crippen LogP contribution in [0.15, 0.2) is 49.1 Å². The molecule has 0 aliphatic carbocycles. The molecule has 12 heteroatoms. The van der Waals surface area contributed by atoms with E-state index < -0.39 is 17.6 Å². The zero-order valence-electron chi connectivity index (χ0n) is 17.3. The number of alkyl halides is 3. The van der Waals surface area contributed by atoms with Gasteiger partial charge in [0.05, 0.1) is 48.1 Å². The molecule has 0 radical (unpaired) electrons. The van der Waals surface area contributed by atoms with Crippen molar-refractivity contribution in [2.45, 2.75) is 6.18 Å². The number of hydrogen-bond acceptors (Lipinski definition) is 6. The summed E-state index contributed by atoms with van der Waals surface area (Å²) in [5.41, 5.74) is 0.823. The van der Waals surface area contributed by atoms with Gasteiger partial charge in [-0.2, -0.15) is 18.3 Å². The van der Waals surface area contributed by atoms with Crippen molar-refractivity contribution in [1.29, 1.82) is 0 Å². The number of amides is 1. The molecule has 1 saturated heterocycles. The summed E-state index contributed by atoms with van der Waals surface area (Å²) in [5, 5.41) is 10.0. The average Bonchev–Trinajstić information content (AvgIpc) is 3.32. The minimum atomic E-state index is -4.56. The third-order valence-corrected chi connectivity index (χ3v) is 5.25. The summed E-state index contributed by atoms with van der Waals surface area (Å²) in [5.74, 6) is -0.538. The number of anilines is 3. The lowest BCUT2D eigenvalue weighted by Crippen LogP contribution is -2.36. The van der Waals surface area contributed by atoms with Crippen LogP contribution in [0.25, 0.3) is 5.69 Å². The molecule has 1 aliphatic heterocycles. The molecule has 0 saturated carbocycles. The largest absolute Gasteiger partial charge is 0.416 e. The van der Waals surface area contributed by atoms with Crippen LogP contribution in [0.3, 0.4) is 0 Å². The van der Waals surface area contributed by atoms with Crippen molar-refractivity contribution in [3.8, 4) is 5.69 Å². The van der Waals surface area contributed by atoms with E-state index in [1.807, 2.05) is 6.07 Å². The molecule has 1 fully saturated rings. The van der Waals surface area contributed by atoms with Gasteiger partial charge in [0, 0.05) is 18.1 Å². The third-order valence-electron chi connectivity index (χ3n) is 5.01. The summed E-state index contributed by atoms with van der Waals surface area (Å²) in [6, 6.07) is 8.33. The molecule has 2 aromatic carbocycles. The van der Waals surface area contributed by atoms with E-state index in [0.717, 1.165) is 17.8 Å². The number of ether oxygens (including phenoxy) is 1. The van der Waals surface area contributed by atoms with E-state index in [9.17, 15) is 18.0 Å². The Kier molecular flexibility index (Phi) is 6.70. The highest BCUT2D eigenvalue weighted by atomic mass is 35.5. The predicted octanol–water partition coefficient (Wildman–Crippen LogP) is 3.83. The van der Waals surface area contributed by atoms with Crippen LogP contribution >= 0.6 is 11.6 Å². The second-order valence-corrected chi connectivity index (χ2v) is 7.67. The highest BCUT2D eigenvalue weighted by molar-refractivity contribution is 6.31. The van der Waals surface area contributed by atoms with Crippen molar-refractivity contribution in [3.05, 3.63) is 59.6 Å². The Balaban J connectivity index is 1.52. The Morgan fingerprint density at radius 2 is 1.85 bits per heavy atom. The molecule has 1 aliphatic rings. The van der Waals surface area contributed by atoms with Crippen LogP contribution in [0.1, 0.15) is 5.56 Å². The number of aromatic nitrogens is 3. The van der Waals surface area contributed by atoms with E-state index in [1.54, 1.807) is 12.1 Å². The summed E-state index contributed by atoms with van der Waals surface area (Å²) in [4.78, 5) is 18.6. The monoisotopic (exact) mass is 480 g/mol. The molecule has 2 heterocycles. The van der Waals surface area contributed by atoms with Gasteiger partial charge in [-0.05, 0) is 36.4 Å². The fourth-order valence-corrected chi connectivity index (χ4v) is 3.62. The third kappa shape index (κ3) is 5.55. The van der Waals surface area contributed by atoms with Gasteiger partial charge < -0.3 is 20.3 Å². The van der Waals surface area contributed by atoms with Crippen LogP contribution in [0.4, 0.5) is 30.2 Å². The van der Waals surface area contributed by atoms with Crippen LogP contribution in [0.5, 0.6) is 0 Å². The number of benzene rings is 2. The van der Waals surface area contributed by atoms with Gasteiger partial charge in [-0.3, -0.25) is 4.79 Å². The van der Waals surface area contributed by atoms with Gasteiger partial charge in [-0.25, -0.2) is 9.67 Å². The molecule has 33 heavy (non-hydrogen) atoms. The molecular weight excluding hydrogens is 461 g/mol. The topological polar surface area (TPSA) is 84.3 Å². The maximum absolute atomic E-state index is 13.2. The summed E-state index contributed by atoms with van der Waals surface area (Å²) in [7, 11) is 0. The van der Waals surface area contributed by atoms with Crippen LogP contribution in [-0.2, 0) is 15.7 Å². The van der Waals surface area contributed by atoms with Crippen molar-refractivity contribution in [1.82, 2.24) is 14.8 Å². The van der Waals surface area contributed by atoms with Gasteiger partial charge in [-0.15, -0.1) is 0 Å². The maximum Gasteiger partial charge on any atom is 0.416 e. The number of hydrogen-bond donors (Lipinski definition) is 2. The second kappa shape index (κ2) is 9.67. The number of nitrogens with one attached hydrogen (secondary N) is 2. The number of nitrogens with zero attached hydrogens (tertiary/aromatic N) is 4. The fraction of sp³-hybridized carbons (Fsp3) is 0.286. The summed E-state index contributed by atoms with van der Waals surface area (Å²) in [6.45, 7) is 2.36. The highest BCUT2D eigenvalue weighted by Crippen LogP contribution is 2.33. The molecule has 8 nitrogen and oxygen atoms in total. The lowest BCUT2D eigenvalue weighted by molar-refractivity contribution is -0.137. The molecule has 2 N–H and O–H groups in total. The highest BCUT2D eigenvalue weighted by Gasteiger charge is 2.31. The quantitative estimate of drug-likeness (QED) is 0.558. The van der Waals surface area contributed by atoms with Crippen molar-refractivity contribution in [2.75, 3.05) is 48.4 Å². The SMILES string of the molecule is O=C(CNc1cc(Cl)ccc1N1CCOCC1)Nc1cc(C(F)(F)F)ccc1-n1cncn1. The van der Waals surface area contributed by atoms with Crippen LogP contribution in [0.2, 0.25) is 5.02 Å². The fourth-order valence-electron chi connectivity index (χ4n) is 3.44. The van der Waals surface area contributed by atoms with Crippen molar-refractivity contribution in [2.24, 2.45) is 0 Å². The number of carbonyl (C=O) groups excluding carboxylic acids is 1. The van der Waals surface area contributed by atoms with Crippen molar-refractivity contribution < 1.29 is 22.7 Å². The molecule has 4 rings (SSSR count). The van der Waals surface area contributed by atoms with Gasteiger partial charge in [-0.1, -0.05) is 11.6 Å². The number of carbonyl (C=O) groups is 1. The Bertz CT molecular complexity index is 1120. The summed E-state index contributed by atoms with van der Waals surface area (Å²) in [6.07, 6.45) is -1.99. The normalized spacial score (nSPS) is 14.2. The minimum Gasteiger partial charge on any atom is -0.378 e. The Morgan fingerprint density at radius 1 is 1.09 bits per heavy atom. The van der Waals surface area contributed by atoms with Crippen molar-refractivity contribution in [3.63, 3.8) is 0 Å². The molecule has 1 aromatic heterocycles. The first-order valence-corrected chi connectivity index (χ1v) is 10.4. The molecule has 0 bridgehead atoms. The molecule has 1 amide bonds. The first-order valence-electron chi connectivity index (χ1n) is 10.0. The van der Waals surface area contributed by atoms with Crippen molar-refractivity contribution >= 4 is 34.6 Å². The standard InChI is InChI=1S/C21H20ClF3N6O2/c22-15-2-4-18(30-5-7-33-8-6-30)16(10-15)27-11-20(32)29-17-9-14(21(23,24)25)1-3-19(17)31-13-26-12-28-31/h1-4,9-10,12-13,27H,5-8,11H2,(H,29,32). The lowest BCUT2D eigenvalue weighted by Gasteiger charge is -2.30. The first-order chi connectivity index (χ1) is 15.8. The van der Waals surface area contributed by atoms with Crippen LogP contribution in [-0.4, -0.2) is 53.5 Å². The van der Waals surface area contributed by atoms with Gasteiger partial charge in [0.25, 0.3) is 0 Å². The van der Waals surface area contributed by atoms with E-state index in [0.29, 0.717) is 37.0 Å². The summed E-state index contributed by atoms with van der Waals surface area (Å²) < 4.78 is 46.3. The van der Waals surface area contributed by atoms with E-state index in [1.165, 1.54) is 23.4 Å². The van der Waals surface area contributed by atoms with Gasteiger partial charge in [0.1, 0.15) is 12.7 Å². The maximum atomic E-state index is 13.2. The zero-order valence-corrected chi connectivity index (χ0v) is 18.0. The molecule has 0 atom stereocenters. The zero-order chi connectivity index (χ0) is 23.4. The minimum absolute atomic E-state index is 0.0402. The second-order valence-electron chi connectivity index (χ2n) is 7.23. The summed E-state index contributed by atoms with van der Waals surface area (Å²) >= 11 is 6.13. The van der Waals surface area contributed by atoms with Gasteiger partial charge >= 0.3 is 6.18 Å². The van der Waals surface area contributed by atoms with E-state index >= 15 is 0 Å². The molecule has 174 valence electrons. The first kappa shape index (κ1) is 22.9. The van der Waals surface area contributed by atoms with E-state index in [-0.39, 0.29) is 17.9 Å². The predicted molar refractivity (Wildman–Crippen MR) is 118 cm³/mol. The number of morpholine rings is 1. The Hall–Kier alpha value is -3.31. The van der Waals surface area contributed by atoms with Crippen LogP contribution in [0, 0.1) is 0 Å². The Morgan fingerprint density at radius 3 is 2.55 bits per heavy atom. The van der Waals surface area contributed by atoms with E-state index in [2.05, 4.69) is 25.6 Å². The van der Waals surface area contributed by atoms with Gasteiger partial charge in [0.15, 0.2) is 0 Å². The van der Waals surface area contributed by atoms with Gasteiger partial charge in [0.2, 0.25) is 5.91 Å². The lowest BCUT2D eigenvalue weighted by atomic mass is 10.1. The number of halogens is 4. The van der Waals surface area contributed by atoms with E-state index in [4.69, 9.17) is 16.3 Å².